The summed E-state index contributed by atoms with van der Waals surface area (Å²) in [7, 11) is 0. The second-order valence-corrected chi connectivity index (χ2v) is 6.01. The predicted molar refractivity (Wildman–Crippen MR) is 83.8 cm³/mol. The van der Waals surface area contributed by atoms with E-state index in [0.29, 0.717) is 43.8 Å². The van der Waals surface area contributed by atoms with Crippen molar-refractivity contribution in [1.82, 2.24) is 4.90 Å². The van der Waals surface area contributed by atoms with Crippen LogP contribution in [0.2, 0.25) is 0 Å². The minimum atomic E-state index is -0.156. The first-order chi connectivity index (χ1) is 10.0. The average molecular weight is 355 g/mol. The number of rotatable bonds is 3. The van der Waals surface area contributed by atoms with Gasteiger partial charge in [-0.1, -0.05) is 15.9 Å². The Morgan fingerprint density at radius 1 is 1.33 bits per heavy atom. The second-order valence-electron chi connectivity index (χ2n) is 5.09. The van der Waals surface area contributed by atoms with E-state index >= 15 is 0 Å². The smallest absolute Gasteiger partial charge is 0.309 e. The Morgan fingerprint density at radius 2 is 2.00 bits per heavy atom. The summed E-state index contributed by atoms with van der Waals surface area (Å²) in [4.78, 5) is 25.9. The molecule has 21 heavy (non-hydrogen) atoms. The molecule has 114 valence electrons. The number of halogens is 1. The number of nitrogen functional groups attached to an aromatic ring is 1. The second kappa shape index (κ2) is 6.93. The molecular weight excluding hydrogens is 336 g/mol. The third-order valence-corrected chi connectivity index (χ3v) is 4.03. The number of anilines is 1. The quantitative estimate of drug-likeness (QED) is 0.668. The van der Waals surface area contributed by atoms with Crippen molar-refractivity contribution in [2.75, 3.05) is 25.4 Å². The molecule has 2 N–H and O–H groups in total. The molecule has 1 amide bonds. The minimum absolute atomic E-state index is 0.0506. The van der Waals surface area contributed by atoms with Gasteiger partial charge in [0.1, 0.15) is 0 Å². The Hall–Kier alpha value is -1.56. The van der Waals surface area contributed by atoms with Gasteiger partial charge in [-0.15, -0.1) is 0 Å². The molecule has 1 aliphatic rings. The zero-order chi connectivity index (χ0) is 15.4. The zero-order valence-electron chi connectivity index (χ0n) is 12.0. The molecule has 0 saturated carbocycles. The summed E-state index contributed by atoms with van der Waals surface area (Å²) in [6.45, 7) is 3.33. The van der Waals surface area contributed by atoms with Gasteiger partial charge >= 0.3 is 5.97 Å². The highest BCUT2D eigenvalue weighted by atomic mass is 79.9. The largest absolute Gasteiger partial charge is 0.466 e. The molecule has 1 aliphatic heterocycles. The molecule has 1 fully saturated rings. The van der Waals surface area contributed by atoms with Crippen molar-refractivity contribution >= 4 is 33.5 Å². The number of ether oxygens (including phenoxy) is 1. The SMILES string of the molecule is CCOC(=O)C1CCN(C(=O)c2cc(N)cc(Br)c2)CC1. The Balaban J connectivity index is 1.98. The number of benzene rings is 1. The van der Waals surface area contributed by atoms with Crippen LogP contribution in [-0.2, 0) is 9.53 Å². The number of hydrogen-bond acceptors (Lipinski definition) is 4. The summed E-state index contributed by atoms with van der Waals surface area (Å²) < 4.78 is 5.81. The molecule has 0 radical (unpaired) electrons. The molecule has 1 heterocycles. The minimum Gasteiger partial charge on any atom is -0.466 e. The predicted octanol–water partition coefficient (Wildman–Crippen LogP) is 2.45. The Labute approximate surface area is 132 Å². The van der Waals surface area contributed by atoms with E-state index < -0.39 is 0 Å². The van der Waals surface area contributed by atoms with E-state index in [1.54, 1.807) is 30.0 Å². The third-order valence-electron chi connectivity index (χ3n) is 3.57. The number of likely N-dealkylation sites (tertiary alicyclic amines) is 1. The van der Waals surface area contributed by atoms with Crippen molar-refractivity contribution < 1.29 is 14.3 Å². The number of nitrogens with two attached hydrogens (primary N) is 1. The van der Waals surface area contributed by atoms with Gasteiger partial charge in [-0.2, -0.15) is 0 Å². The maximum Gasteiger partial charge on any atom is 0.309 e. The molecule has 0 aromatic heterocycles. The van der Waals surface area contributed by atoms with E-state index in [1.807, 2.05) is 0 Å². The number of carbonyl (C=O) groups is 2. The molecule has 1 aromatic rings. The summed E-state index contributed by atoms with van der Waals surface area (Å²) in [5.74, 6) is -0.303. The lowest BCUT2D eigenvalue weighted by molar-refractivity contribution is -0.149. The van der Waals surface area contributed by atoms with Gasteiger partial charge < -0.3 is 15.4 Å². The fraction of sp³-hybridized carbons (Fsp3) is 0.467. The van der Waals surface area contributed by atoms with Crippen LogP contribution in [0.3, 0.4) is 0 Å². The van der Waals surface area contributed by atoms with Crippen molar-refractivity contribution in [3.05, 3.63) is 28.2 Å². The lowest BCUT2D eigenvalue weighted by Crippen LogP contribution is -2.40. The molecular formula is C15H19BrN2O3. The van der Waals surface area contributed by atoms with E-state index in [9.17, 15) is 9.59 Å². The van der Waals surface area contributed by atoms with Gasteiger partial charge in [0.05, 0.1) is 12.5 Å². The van der Waals surface area contributed by atoms with Crippen LogP contribution in [0.15, 0.2) is 22.7 Å². The molecule has 1 saturated heterocycles. The van der Waals surface area contributed by atoms with Crippen LogP contribution in [0, 0.1) is 5.92 Å². The van der Waals surface area contributed by atoms with Crippen molar-refractivity contribution in [1.29, 1.82) is 0 Å². The van der Waals surface area contributed by atoms with Gasteiger partial charge in [0.2, 0.25) is 0 Å². The maximum atomic E-state index is 12.4. The average Bonchev–Trinajstić information content (AvgIpc) is 2.46. The van der Waals surface area contributed by atoms with Gasteiger partial charge in [-0.25, -0.2) is 0 Å². The summed E-state index contributed by atoms with van der Waals surface area (Å²) in [5, 5.41) is 0. The third kappa shape index (κ3) is 3.97. The molecule has 1 aromatic carbocycles. The zero-order valence-corrected chi connectivity index (χ0v) is 13.6. The number of esters is 1. The van der Waals surface area contributed by atoms with Crippen LogP contribution in [0.4, 0.5) is 5.69 Å². The normalized spacial score (nSPS) is 15.8. The highest BCUT2D eigenvalue weighted by molar-refractivity contribution is 9.10. The highest BCUT2D eigenvalue weighted by Crippen LogP contribution is 2.23. The highest BCUT2D eigenvalue weighted by Gasteiger charge is 2.28. The van der Waals surface area contributed by atoms with Crippen molar-refractivity contribution in [2.45, 2.75) is 19.8 Å². The van der Waals surface area contributed by atoms with Crippen molar-refractivity contribution in [3.8, 4) is 0 Å². The first kappa shape index (κ1) is 15.8. The Morgan fingerprint density at radius 3 is 2.57 bits per heavy atom. The summed E-state index contributed by atoms with van der Waals surface area (Å²) in [5.41, 5.74) is 6.88. The van der Waals surface area contributed by atoms with Crippen LogP contribution >= 0.6 is 15.9 Å². The Kier molecular flexibility index (Phi) is 5.22. The number of carbonyl (C=O) groups excluding carboxylic acids is 2. The fourth-order valence-corrected chi connectivity index (χ4v) is 3.01. The van der Waals surface area contributed by atoms with Gasteiger partial charge in [-0.3, -0.25) is 9.59 Å². The van der Waals surface area contributed by atoms with E-state index in [0.717, 1.165) is 4.47 Å². The molecule has 0 aliphatic carbocycles. The first-order valence-electron chi connectivity index (χ1n) is 7.03. The number of nitrogens with zero attached hydrogens (tertiary/aromatic N) is 1. The van der Waals surface area contributed by atoms with Gasteiger partial charge in [0.15, 0.2) is 0 Å². The van der Waals surface area contributed by atoms with E-state index in [4.69, 9.17) is 10.5 Å². The molecule has 0 spiro atoms. The van der Waals surface area contributed by atoms with Crippen LogP contribution < -0.4 is 5.73 Å². The van der Waals surface area contributed by atoms with Crippen LogP contribution in [0.25, 0.3) is 0 Å². The van der Waals surface area contributed by atoms with Crippen molar-refractivity contribution in [2.24, 2.45) is 5.92 Å². The molecule has 0 atom stereocenters. The van der Waals surface area contributed by atoms with Crippen LogP contribution in [0.5, 0.6) is 0 Å². The molecule has 5 nitrogen and oxygen atoms in total. The number of amides is 1. The maximum absolute atomic E-state index is 12.4. The summed E-state index contributed by atoms with van der Waals surface area (Å²) >= 11 is 3.34. The lowest BCUT2D eigenvalue weighted by Gasteiger charge is -2.31. The molecule has 0 bridgehead atoms. The fourth-order valence-electron chi connectivity index (χ4n) is 2.50. The standard InChI is InChI=1S/C15H19BrN2O3/c1-2-21-15(20)10-3-5-18(6-4-10)14(19)11-7-12(16)9-13(17)8-11/h7-10H,2-6,17H2,1H3. The van der Waals surface area contributed by atoms with Gasteiger partial charge in [-0.05, 0) is 38.0 Å². The number of hydrogen-bond donors (Lipinski definition) is 1. The Bertz CT molecular complexity index is 519. The van der Waals surface area contributed by atoms with E-state index in [2.05, 4.69) is 15.9 Å². The lowest BCUT2D eigenvalue weighted by atomic mass is 9.96. The monoisotopic (exact) mass is 354 g/mol. The van der Waals surface area contributed by atoms with Crippen molar-refractivity contribution in [3.63, 3.8) is 0 Å². The van der Waals surface area contributed by atoms with Gasteiger partial charge in [0, 0.05) is 28.8 Å². The number of piperidine rings is 1. The van der Waals surface area contributed by atoms with Crippen LogP contribution in [-0.4, -0.2) is 36.5 Å². The molecule has 2 rings (SSSR count). The van der Waals surface area contributed by atoms with E-state index in [-0.39, 0.29) is 17.8 Å². The van der Waals surface area contributed by atoms with Crippen LogP contribution in [0.1, 0.15) is 30.1 Å². The molecule has 0 unspecified atom stereocenters. The van der Waals surface area contributed by atoms with E-state index in [1.165, 1.54) is 0 Å². The summed E-state index contributed by atoms with van der Waals surface area (Å²) in [6, 6.07) is 5.18. The van der Waals surface area contributed by atoms with Gasteiger partial charge in [0.25, 0.3) is 5.91 Å². The first-order valence-corrected chi connectivity index (χ1v) is 7.82. The molecule has 6 heteroatoms. The summed E-state index contributed by atoms with van der Waals surface area (Å²) in [6.07, 6.45) is 1.29. The topological polar surface area (TPSA) is 72.6 Å².